The van der Waals surface area contributed by atoms with E-state index in [4.69, 9.17) is 4.74 Å². The van der Waals surface area contributed by atoms with Gasteiger partial charge in [-0.25, -0.2) is 8.42 Å². The molecule has 0 unspecified atom stereocenters. The summed E-state index contributed by atoms with van der Waals surface area (Å²) < 4.78 is 61.8. The van der Waals surface area contributed by atoms with Gasteiger partial charge in [-0.1, -0.05) is 30.3 Å². The maximum atomic E-state index is 13.0. The van der Waals surface area contributed by atoms with Crippen LogP contribution in [0, 0.1) is 0 Å². The molecule has 34 heavy (non-hydrogen) atoms. The van der Waals surface area contributed by atoms with Gasteiger partial charge in [0.1, 0.15) is 0 Å². The lowest BCUT2D eigenvalue weighted by Gasteiger charge is -2.19. The van der Waals surface area contributed by atoms with Crippen LogP contribution in [0.5, 0.6) is 11.5 Å². The molecular formula is C24H24F2N2O5S. The Bertz CT molecular complexity index is 1240. The molecule has 3 aromatic carbocycles. The zero-order chi connectivity index (χ0) is 24.7. The number of ether oxygens (including phenoxy) is 2. The van der Waals surface area contributed by atoms with Crippen LogP contribution in [0.4, 0.5) is 14.5 Å². The number of amides is 1. The predicted octanol–water partition coefficient (Wildman–Crippen LogP) is 4.09. The van der Waals surface area contributed by atoms with Crippen LogP contribution in [0.15, 0.2) is 77.7 Å². The first-order valence-electron chi connectivity index (χ1n) is 10.3. The molecule has 1 amide bonds. The van der Waals surface area contributed by atoms with Gasteiger partial charge in [-0.2, -0.15) is 8.78 Å². The minimum absolute atomic E-state index is 0.0181. The quantitative estimate of drug-likeness (QED) is 0.463. The van der Waals surface area contributed by atoms with E-state index in [1.807, 2.05) is 0 Å². The Morgan fingerprint density at radius 2 is 1.74 bits per heavy atom. The van der Waals surface area contributed by atoms with Crippen LogP contribution < -0.4 is 19.1 Å². The van der Waals surface area contributed by atoms with Gasteiger partial charge in [0.2, 0.25) is 0 Å². The maximum absolute atomic E-state index is 13.0. The Morgan fingerprint density at radius 1 is 1.00 bits per heavy atom. The van der Waals surface area contributed by atoms with Crippen molar-refractivity contribution in [2.45, 2.75) is 17.9 Å². The van der Waals surface area contributed by atoms with Gasteiger partial charge in [0.15, 0.2) is 11.5 Å². The number of hydrogen-bond donors (Lipinski definition) is 1. The zero-order valence-electron chi connectivity index (χ0n) is 18.6. The third-order valence-electron chi connectivity index (χ3n) is 5.02. The average molecular weight is 491 g/mol. The molecule has 0 radical (unpaired) electrons. The highest BCUT2D eigenvalue weighted by atomic mass is 32.2. The fourth-order valence-corrected chi connectivity index (χ4v) is 4.46. The molecule has 0 saturated carbocycles. The number of hydrogen-bond acceptors (Lipinski definition) is 5. The molecule has 0 saturated heterocycles. The number of para-hydroxylation sites is 1. The second-order valence-corrected chi connectivity index (χ2v) is 9.17. The lowest BCUT2D eigenvalue weighted by Crippen LogP contribution is -2.28. The number of anilines is 1. The zero-order valence-corrected chi connectivity index (χ0v) is 19.4. The van der Waals surface area contributed by atoms with Gasteiger partial charge in [-0.15, -0.1) is 0 Å². The van der Waals surface area contributed by atoms with E-state index >= 15 is 0 Å². The SMILES string of the molecule is COc1ccc(CCNC(=O)c2cccc(S(=O)(=O)N(C)c3ccccc3)c2)cc1OC(F)F. The molecular weight excluding hydrogens is 466 g/mol. The molecule has 0 spiro atoms. The molecule has 180 valence electrons. The van der Waals surface area contributed by atoms with E-state index in [0.717, 1.165) is 4.31 Å². The lowest BCUT2D eigenvalue weighted by molar-refractivity contribution is -0.0512. The van der Waals surface area contributed by atoms with Crippen molar-refractivity contribution >= 4 is 21.6 Å². The number of nitrogens with zero attached hydrogens (tertiary/aromatic N) is 1. The first kappa shape index (κ1) is 25.0. The number of benzene rings is 3. The first-order valence-corrected chi connectivity index (χ1v) is 11.7. The summed E-state index contributed by atoms with van der Waals surface area (Å²) in [4.78, 5) is 12.6. The van der Waals surface area contributed by atoms with Crippen LogP contribution in [0.2, 0.25) is 0 Å². The fraction of sp³-hybridized carbons (Fsp3) is 0.208. The molecule has 0 bridgehead atoms. The van der Waals surface area contributed by atoms with Crippen molar-refractivity contribution in [1.82, 2.24) is 5.32 Å². The van der Waals surface area contributed by atoms with Crippen LogP contribution in [0.1, 0.15) is 15.9 Å². The summed E-state index contributed by atoms with van der Waals surface area (Å²) in [5.74, 6) is -0.384. The second kappa shape index (κ2) is 11.0. The van der Waals surface area contributed by atoms with Crippen LogP contribution in [-0.4, -0.2) is 41.6 Å². The number of nitrogens with one attached hydrogen (secondary N) is 1. The van der Waals surface area contributed by atoms with Crippen LogP contribution >= 0.6 is 0 Å². The number of rotatable bonds is 10. The molecule has 0 heterocycles. The molecule has 3 aromatic rings. The van der Waals surface area contributed by atoms with Gasteiger partial charge in [0, 0.05) is 19.2 Å². The largest absolute Gasteiger partial charge is 0.493 e. The lowest BCUT2D eigenvalue weighted by atomic mass is 10.1. The summed E-state index contributed by atoms with van der Waals surface area (Å²) in [7, 11) is -1.08. The van der Waals surface area contributed by atoms with Gasteiger partial charge in [0.05, 0.1) is 17.7 Å². The van der Waals surface area contributed by atoms with Gasteiger partial charge in [0.25, 0.3) is 15.9 Å². The Kier molecular flexibility index (Phi) is 8.06. The van der Waals surface area contributed by atoms with E-state index in [9.17, 15) is 22.0 Å². The maximum Gasteiger partial charge on any atom is 0.387 e. The second-order valence-electron chi connectivity index (χ2n) is 7.21. The van der Waals surface area contributed by atoms with Crippen LogP contribution in [0.3, 0.4) is 0 Å². The molecule has 0 aliphatic heterocycles. The molecule has 3 rings (SSSR count). The van der Waals surface area contributed by atoms with E-state index in [0.29, 0.717) is 17.7 Å². The Hall–Kier alpha value is -3.66. The molecule has 7 nitrogen and oxygen atoms in total. The number of halogens is 2. The number of carbonyl (C=O) groups excluding carboxylic acids is 1. The summed E-state index contributed by atoms with van der Waals surface area (Å²) in [5.41, 5.74) is 1.32. The molecule has 0 aliphatic carbocycles. The molecule has 0 aliphatic rings. The normalized spacial score (nSPS) is 11.2. The van der Waals surface area contributed by atoms with Crippen LogP contribution in [-0.2, 0) is 16.4 Å². The van der Waals surface area contributed by atoms with E-state index in [1.165, 1.54) is 50.6 Å². The number of carbonyl (C=O) groups is 1. The summed E-state index contributed by atoms with van der Waals surface area (Å²) >= 11 is 0. The standard InChI is InChI=1S/C24H24F2N2O5S/c1-28(19-8-4-3-5-9-19)34(30,31)20-10-6-7-18(16-20)23(29)27-14-13-17-11-12-21(32-2)22(15-17)33-24(25)26/h3-12,15-16,24H,13-14H2,1-2H3,(H,27,29). The Labute approximate surface area is 197 Å². The molecule has 0 aromatic heterocycles. The van der Waals surface area contributed by atoms with Crippen molar-refractivity contribution in [2.24, 2.45) is 0 Å². The minimum Gasteiger partial charge on any atom is -0.493 e. The third-order valence-corrected chi connectivity index (χ3v) is 6.80. The van der Waals surface area contributed by atoms with E-state index in [-0.39, 0.29) is 28.5 Å². The van der Waals surface area contributed by atoms with Gasteiger partial charge < -0.3 is 14.8 Å². The molecule has 0 atom stereocenters. The number of sulfonamides is 1. The van der Waals surface area contributed by atoms with Crippen molar-refractivity contribution in [3.63, 3.8) is 0 Å². The molecule has 1 N–H and O–H groups in total. The Balaban J connectivity index is 1.67. The van der Waals surface area contributed by atoms with Crippen molar-refractivity contribution in [1.29, 1.82) is 0 Å². The average Bonchev–Trinajstić information content (AvgIpc) is 2.84. The van der Waals surface area contributed by atoms with Crippen molar-refractivity contribution in [3.8, 4) is 11.5 Å². The molecule has 0 fully saturated rings. The predicted molar refractivity (Wildman–Crippen MR) is 124 cm³/mol. The van der Waals surface area contributed by atoms with Crippen molar-refractivity contribution < 1.29 is 31.5 Å². The summed E-state index contributed by atoms with van der Waals surface area (Å²) in [5, 5.41) is 2.71. The van der Waals surface area contributed by atoms with Gasteiger partial charge in [-0.05, 0) is 54.4 Å². The molecule has 10 heteroatoms. The summed E-state index contributed by atoms with van der Waals surface area (Å²) in [6.45, 7) is -2.80. The monoisotopic (exact) mass is 490 g/mol. The number of alkyl halides is 2. The van der Waals surface area contributed by atoms with Crippen LogP contribution in [0.25, 0.3) is 0 Å². The van der Waals surface area contributed by atoms with Gasteiger partial charge in [-0.3, -0.25) is 9.10 Å². The van der Waals surface area contributed by atoms with Crippen molar-refractivity contribution in [3.05, 3.63) is 83.9 Å². The third kappa shape index (κ3) is 6.02. The van der Waals surface area contributed by atoms with E-state index in [1.54, 1.807) is 36.4 Å². The topological polar surface area (TPSA) is 84.9 Å². The van der Waals surface area contributed by atoms with E-state index in [2.05, 4.69) is 10.1 Å². The highest BCUT2D eigenvalue weighted by molar-refractivity contribution is 7.92. The smallest absolute Gasteiger partial charge is 0.387 e. The van der Waals surface area contributed by atoms with E-state index < -0.39 is 22.5 Å². The summed E-state index contributed by atoms with van der Waals surface area (Å²) in [6, 6.07) is 18.9. The first-order chi connectivity index (χ1) is 16.2. The minimum atomic E-state index is -3.87. The highest BCUT2D eigenvalue weighted by Crippen LogP contribution is 2.29. The fourth-order valence-electron chi connectivity index (χ4n) is 3.22. The summed E-state index contributed by atoms with van der Waals surface area (Å²) in [6.07, 6.45) is 0.337. The number of methoxy groups -OCH3 is 1. The van der Waals surface area contributed by atoms with Gasteiger partial charge >= 0.3 is 6.61 Å². The van der Waals surface area contributed by atoms with Crippen molar-refractivity contribution in [2.75, 3.05) is 25.0 Å². The Morgan fingerprint density at radius 3 is 2.41 bits per heavy atom. The highest BCUT2D eigenvalue weighted by Gasteiger charge is 2.22.